The largest absolute Gasteiger partial charge is 0.456 e. The summed E-state index contributed by atoms with van der Waals surface area (Å²) in [6, 6.07) is 61.0. The van der Waals surface area contributed by atoms with E-state index in [1.54, 1.807) is 0 Å². The van der Waals surface area contributed by atoms with Crippen molar-refractivity contribution >= 4 is 75.4 Å². The lowest BCUT2D eigenvalue weighted by atomic mass is 9.90. The number of fused-ring (bicyclic) bond motifs is 9. The molecular weight excluding hydrogens is 719 g/mol. The number of nitrogens with zero attached hydrogens (tertiary/aromatic N) is 3. The van der Waals surface area contributed by atoms with Crippen molar-refractivity contribution in [2.24, 2.45) is 0 Å². The first-order valence-electron chi connectivity index (χ1n) is 18.9. The summed E-state index contributed by atoms with van der Waals surface area (Å²) in [7, 11) is 0. The van der Waals surface area contributed by atoms with Gasteiger partial charge in [-0.15, -0.1) is 11.3 Å². The van der Waals surface area contributed by atoms with Gasteiger partial charge in [0.05, 0.1) is 0 Å². The van der Waals surface area contributed by atoms with Gasteiger partial charge in [0.2, 0.25) is 0 Å². The van der Waals surface area contributed by atoms with Crippen LogP contribution in [0.2, 0.25) is 0 Å². The Labute approximate surface area is 330 Å². The lowest BCUT2D eigenvalue weighted by Crippen LogP contribution is -2.00. The van der Waals surface area contributed by atoms with Crippen LogP contribution >= 0.6 is 11.3 Å². The van der Waals surface area contributed by atoms with E-state index in [0.717, 1.165) is 66.1 Å². The van der Waals surface area contributed by atoms with E-state index < -0.39 is 0 Å². The van der Waals surface area contributed by atoms with E-state index in [2.05, 4.69) is 109 Å². The summed E-state index contributed by atoms with van der Waals surface area (Å²) in [5, 5.41) is 6.62. The van der Waals surface area contributed by atoms with Gasteiger partial charge >= 0.3 is 0 Å². The molecule has 0 bridgehead atoms. The molecular formula is C51H29N3O2S. The molecule has 5 nitrogen and oxygen atoms in total. The first-order chi connectivity index (χ1) is 28.2. The molecule has 0 saturated carbocycles. The van der Waals surface area contributed by atoms with Gasteiger partial charge in [-0.25, -0.2) is 15.0 Å². The van der Waals surface area contributed by atoms with Crippen molar-refractivity contribution in [3.05, 3.63) is 176 Å². The fourth-order valence-corrected chi connectivity index (χ4v) is 9.46. The molecule has 0 atom stereocenters. The standard InChI is InChI=1S/C51H29N3O2S/c1-3-12-30(13-4-1)34-25-27-45-48(37-17-8-10-21-44(37)57-45)46(34)32-23-26-41-39(28-32)47-38(18-11-20-42(47)55-41)51-53-49(31-14-5-2-6-15-31)52-50(54-51)33-22-24-36-35-16-7-9-19-40(35)56-43(36)29-33/h1-29H. The second-order valence-electron chi connectivity index (χ2n) is 14.3. The third kappa shape index (κ3) is 5.12. The number of thiophene rings is 1. The van der Waals surface area contributed by atoms with E-state index in [1.165, 1.54) is 36.9 Å². The smallest absolute Gasteiger partial charge is 0.164 e. The molecule has 0 amide bonds. The first kappa shape index (κ1) is 31.9. The Morgan fingerprint density at radius 2 is 0.982 bits per heavy atom. The first-order valence-corrected chi connectivity index (χ1v) is 19.7. The van der Waals surface area contributed by atoms with Crippen LogP contribution in [0.25, 0.3) is 120 Å². The number of hydrogen-bond acceptors (Lipinski definition) is 6. The summed E-state index contributed by atoms with van der Waals surface area (Å²) >= 11 is 1.84. The molecule has 57 heavy (non-hydrogen) atoms. The second kappa shape index (κ2) is 12.6. The van der Waals surface area contributed by atoms with Crippen molar-refractivity contribution in [3.8, 4) is 56.4 Å². The summed E-state index contributed by atoms with van der Waals surface area (Å²) in [5.74, 6) is 1.72. The summed E-state index contributed by atoms with van der Waals surface area (Å²) in [4.78, 5) is 15.4. The van der Waals surface area contributed by atoms with Crippen molar-refractivity contribution < 1.29 is 8.83 Å². The lowest BCUT2D eigenvalue weighted by molar-refractivity contribution is 0.668. The van der Waals surface area contributed by atoms with Gasteiger partial charge in [0, 0.05) is 58.4 Å². The highest BCUT2D eigenvalue weighted by Gasteiger charge is 2.21. The van der Waals surface area contributed by atoms with Crippen LogP contribution in [0, 0.1) is 0 Å². The Morgan fingerprint density at radius 1 is 0.333 bits per heavy atom. The highest BCUT2D eigenvalue weighted by Crippen LogP contribution is 2.47. The van der Waals surface area contributed by atoms with Gasteiger partial charge in [0.25, 0.3) is 0 Å². The topological polar surface area (TPSA) is 65.0 Å². The van der Waals surface area contributed by atoms with Crippen LogP contribution in [0.1, 0.15) is 0 Å². The Bertz CT molecular complexity index is 3530. The van der Waals surface area contributed by atoms with Crippen molar-refractivity contribution in [2.75, 3.05) is 0 Å². The van der Waals surface area contributed by atoms with E-state index in [-0.39, 0.29) is 0 Å². The average molecular weight is 748 g/mol. The zero-order chi connectivity index (χ0) is 37.5. The molecule has 0 spiro atoms. The highest BCUT2D eigenvalue weighted by atomic mass is 32.1. The predicted molar refractivity (Wildman–Crippen MR) is 234 cm³/mol. The monoisotopic (exact) mass is 747 g/mol. The van der Waals surface area contributed by atoms with Crippen molar-refractivity contribution in [1.29, 1.82) is 0 Å². The second-order valence-corrected chi connectivity index (χ2v) is 15.4. The molecule has 0 N–H and O–H groups in total. The minimum atomic E-state index is 0.565. The maximum atomic E-state index is 6.59. The van der Waals surface area contributed by atoms with Gasteiger partial charge in [0.15, 0.2) is 17.5 Å². The van der Waals surface area contributed by atoms with Crippen molar-refractivity contribution in [1.82, 2.24) is 15.0 Å². The fourth-order valence-electron chi connectivity index (χ4n) is 8.35. The normalized spacial score (nSPS) is 11.9. The zero-order valence-corrected chi connectivity index (χ0v) is 31.1. The molecule has 266 valence electrons. The molecule has 0 unspecified atom stereocenters. The molecule has 0 saturated heterocycles. The molecule has 4 heterocycles. The van der Waals surface area contributed by atoms with Crippen LogP contribution in [-0.4, -0.2) is 15.0 Å². The fraction of sp³-hybridized carbons (Fsp3) is 0. The average Bonchev–Trinajstić information content (AvgIpc) is 3.97. The molecule has 12 rings (SSSR count). The molecule has 0 aliphatic carbocycles. The molecule has 0 aliphatic rings. The van der Waals surface area contributed by atoms with Gasteiger partial charge < -0.3 is 8.83 Å². The molecule has 6 heteroatoms. The van der Waals surface area contributed by atoms with E-state index in [0.29, 0.717) is 17.5 Å². The van der Waals surface area contributed by atoms with Crippen LogP contribution in [0.5, 0.6) is 0 Å². The number of benzene rings is 8. The number of hydrogen-bond donors (Lipinski definition) is 0. The van der Waals surface area contributed by atoms with E-state index in [1.807, 2.05) is 78.1 Å². The molecule has 0 radical (unpaired) electrons. The molecule has 4 aromatic heterocycles. The number of para-hydroxylation sites is 1. The number of furan rings is 2. The van der Waals surface area contributed by atoms with E-state index in [4.69, 9.17) is 23.8 Å². The predicted octanol–water partition coefficient (Wildman–Crippen LogP) is 14.4. The number of rotatable bonds is 5. The lowest BCUT2D eigenvalue weighted by Gasteiger charge is -2.13. The van der Waals surface area contributed by atoms with Gasteiger partial charge in [-0.1, -0.05) is 127 Å². The van der Waals surface area contributed by atoms with Crippen LogP contribution in [0.4, 0.5) is 0 Å². The van der Waals surface area contributed by atoms with Crippen LogP contribution < -0.4 is 0 Å². The zero-order valence-electron chi connectivity index (χ0n) is 30.3. The minimum absolute atomic E-state index is 0.565. The Kier molecular flexibility index (Phi) is 7.03. The third-order valence-corrected chi connectivity index (χ3v) is 12.1. The van der Waals surface area contributed by atoms with Gasteiger partial charge in [-0.05, 0) is 70.8 Å². The SMILES string of the molecule is c1ccc(-c2nc(-c3ccc4c(c3)oc3ccccc34)nc(-c3cccc4oc5ccc(-c6c(-c7ccccc7)ccc7sc8ccccc8c67)cc5c34)n2)cc1. The van der Waals surface area contributed by atoms with E-state index in [9.17, 15) is 0 Å². The number of aromatic nitrogens is 3. The Hall–Kier alpha value is -7.41. The molecule has 0 fully saturated rings. The maximum absolute atomic E-state index is 6.59. The maximum Gasteiger partial charge on any atom is 0.164 e. The van der Waals surface area contributed by atoms with Gasteiger partial charge in [-0.3, -0.25) is 0 Å². The third-order valence-electron chi connectivity index (χ3n) is 11.0. The molecule has 8 aromatic carbocycles. The van der Waals surface area contributed by atoms with Gasteiger partial charge in [-0.2, -0.15) is 0 Å². The van der Waals surface area contributed by atoms with E-state index >= 15 is 0 Å². The van der Waals surface area contributed by atoms with Crippen LogP contribution in [-0.2, 0) is 0 Å². The Morgan fingerprint density at radius 3 is 1.84 bits per heavy atom. The van der Waals surface area contributed by atoms with Crippen LogP contribution in [0.15, 0.2) is 185 Å². The van der Waals surface area contributed by atoms with Crippen LogP contribution in [0.3, 0.4) is 0 Å². The highest BCUT2D eigenvalue weighted by molar-refractivity contribution is 7.26. The van der Waals surface area contributed by atoms with Crippen molar-refractivity contribution in [2.45, 2.75) is 0 Å². The minimum Gasteiger partial charge on any atom is -0.456 e. The summed E-state index contributed by atoms with van der Waals surface area (Å²) in [6.45, 7) is 0. The molecule has 0 aliphatic heterocycles. The summed E-state index contributed by atoms with van der Waals surface area (Å²) < 4.78 is 15.4. The van der Waals surface area contributed by atoms with Crippen molar-refractivity contribution in [3.63, 3.8) is 0 Å². The van der Waals surface area contributed by atoms with Gasteiger partial charge in [0.1, 0.15) is 22.3 Å². The summed E-state index contributed by atoms with van der Waals surface area (Å²) in [5.41, 5.74) is 10.5. The Balaban J connectivity index is 1.10. The molecule has 12 aromatic rings. The summed E-state index contributed by atoms with van der Waals surface area (Å²) in [6.07, 6.45) is 0. The quantitative estimate of drug-likeness (QED) is 0.175.